The van der Waals surface area contributed by atoms with Crippen LogP contribution in [0.15, 0.2) is 6.20 Å². The predicted octanol–water partition coefficient (Wildman–Crippen LogP) is 0.654. The summed E-state index contributed by atoms with van der Waals surface area (Å²) >= 11 is 1.54. The first-order chi connectivity index (χ1) is 8.06. The second-order valence-corrected chi connectivity index (χ2v) is 4.54. The smallest absolute Gasteiger partial charge is 0.326 e. The van der Waals surface area contributed by atoms with Crippen molar-refractivity contribution < 1.29 is 14.7 Å². The van der Waals surface area contributed by atoms with Gasteiger partial charge >= 0.3 is 5.97 Å². The second-order valence-electron chi connectivity index (χ2n) is 3.55. The zero-order chi connectivity index (χ0) is 12.8. The van der Waals surface area contributed by atoms with Gasteiger partial charge in [0.05, 0.1) is 11.8 Å². The van der Waals surface area contributed by atoms with Gasteiger partial charge in [-0.2, -0.15) is 16.9 Å². The van der Waals surface area contributed by atoms with Crippen LogP contribution in [0.3, 0.4) is 0 Å². The fraction of sp³-hybridized carbons (Fsp3) is 0.500. The average molecular weight is 257 g/mol. The minimum Gasteiger partial charge on any atom is -0.480 e. The summed E-state index contributed by atoms with van der Waals surface area (Å²) in [5.41, 5.74) is 0.997. The van der Waals surface area contributed by atoms with E-state index in [1.165, 1.54) is 6.20 Å². The Morgan fingerprint density at radius 3 is 2.82 bits per heavy atom. The van der Waals surface area contributed by atoms with Crippen LogP contribution in [-0.2, 0) is 4.79 Å². The number of thioether (sulfide) groups is 1. The standard InChI is InChI=1S/C10H15N3O3S/c1-6-7(5-11-13-6)9(14)12-8(10(15)16)3-4-17-2/h5,8H,3-4H2,1-2H3,(H,11,13)(H,12,14)(H,15,16)/t8-/m1/s1. The normalized spacial score (nSPS) is 12.1. The van der Waals surface area contributed by atoms with E-state index in [-0.39, 0.29) is 0 Å². The van der Waals surface area contributed by atoms with Crippen LogP contribution in [0.5, 0.6) is 0 Å². The minimum atomic E-state index is -1.02. The number of carbonyl (C=O) groups is 2. The molecule has 0 aliphatic rings. The van der Waals surface area contributed by atoms with Gasteiger partial charge in [-0.15, -0.1) is 0 Å². The Hall–Kier alpha value is -1.50. The van der Waals surface area contributed by atoms with Crippen molar-refractivity contribution in [3.8, 4) is 0 Å². The van der Waals surface area contributed by atoms with E-state index in [0.717, 1.165) is 0 Å². The molecule has 1 aromatic heterocycles. The third kappa shape index (κ3) is 3.77. The summed E-state index contributed by atoms with van der Waals surface area (Å²) in [6.07, 6.45) is 3.68. The molecule has 1 rings (SSSR count). The van der Waals surface area contributed by atoms with Crippen LogP contribution in [0.1, 0.15) is 22.5 Å². The van der Waals surface area contributed by atoms with Crippen LogP contribution in [0, 0.1) is 6.92 Å². The number of carboxylic acid groups (broad SMARTS) is 1. The number of H-pyrrole nitrogens is 1. The zero-order valence-electron chi connectivity index (χ0n) is 9.69. The molecule has 3 N–H and O–H groups in total. The van der Waals surface area contributed by atoms with Crippen LogP contribution in [0.2, 0.25) is 0 Å². The van der Waals surface area contributed by atoms with Gasteiger partial charge in [-0.25, -0.2) is 4.79 Å². The molecule has 0 aliphatic carbocycles. The number of amides is 1. The molecule has 1 aromatic rings. The number of nitrogens with zero attached hydrogens (tertiary/aromatic N) is 1. The Morgan fingerprint density at radius 2 is 2.35 bits per heavy atom. The highest BCUT2D eigenvalue weighted by atomic mass is 32.2. The fourth-order valence-corrected chi connectivity index (χ4v) is 1.78. The molecule has 0 bridgehead atoms. The summed E-state index contributed by atoms with van der Waals surface area (Å²) in [6, 6.07) is -0.857. The van der Waals surface area contributed by atoms with Gasteiger partial charge in [0.25, 0.3) is 5.91 Å². The molecular weight excluding hydrogens is 242 g/mol. The maximum atomic E-state index is 11.8. The number of aliphatic carboxylic acids is 1. The number of hydrogen-bond acceptors (Lipinski definition) is 4. The van der Waals surface area contributed by atoms with Gasteiger partial charge in [0.2, 0.25) is 0 Å². The average Bonchev–Trinajstić information content (AvgIpc) is 2.70. The van der Waals surface area contributed by atoms with E-state index in [0.29, 0.717) is 23.4 Å². The number of aromatic amines is 1. The number of carboxylic acids is 1. The highest BCUT2D eigenvalue weighted by molar-refractivity contribution is 7.98. The number of aromatic nitrogens is 2. The van der Waals surface area contributed by atoms with Gasteiger partial charge in [-0.3, -0.25) is 9.89 Å². The van der Waals surface area contributed by atoms with Gasteiger partial charge in [-0.1, -0.05) is 0 Å². The Bertz CT molecular complexity index is 405. The molecule has 17 heavy (non-hydrogen) atoms. The summed E-state index contributed by atoms with van der Waals surface area (Å²) in [5, 5.41) is 17.8. The van der Waals surface area contributed by atoms with E-state index >= 15 is 0 Å². The molecule has 6 nitrogen and oxygen atoms in total. The molecule has 1 heterocycles. The van der Waals surface area contributed by atoms with E-state index in [2.05, 4.69) is 15.5 Å². The molecule has 0 saturated heterocycles. The number of carbonyl (C=O) groups excluding carboxylic acids is 1. The molecule has 94 valence electrons. The third-order valence-corrected chi connectivity index (χ3v) is 2.93. The highest BCUT2D eigenvalue weighted by Gasteiger charge is 2.21. The van der Waals surface area contributed by atoms with E-state index in [4.69, 9.17) is 5.11 Å². The number of aryl methyl sites for hydroxylation is 1. The zero-order valence-corrected chi connectivity index (χ0v) is 10.5. The molecule has 0 aliphatic heterocycles. The highest BCUT2D eigenvalue weighted by Crippen LogP contribution is 2.05. The van der Waals surface area contributed by atoms with Gasteiger partial charge in [0.1, 0.15) is 6.04 Å². The summed E-state index contributed by atoms with van der Waals surface area (Å²) in [7, 11) is 0. The lowest BCUT2D eigenvalue weighted by atomic mass is 10.2. The SMILES string of the molecule is CSCC[C@@H](NC(=O)c1cn[nH]c1C)C(=O)O. The molecule has 1 amide bonds. The van der Waals surface area contributed by atoms with Crippen molar-refractivity contribution >= 4 is 23.6 Å². The topological polar surface area (TPSA) is 95.1 Å². The Morgan fingerprint density at radius 1 is 1.65 bits per heavy atom. The first-order valence-electron chi connectivity index (χ1n) is 5.08. The van der Waals surface area contributed by atoms with Crippen molar-refractivity contribution in [2.75, 3.05) is 12.0 Å². The first kappa shape index (κ1) is 13.6. The molecule has 0 saturated carbocycles. The summed E-state index contributed by atoms with van der Waals surface area (Å²) in [6.45, 7) is 1.71. The van der Waals surface area contributed by atoms with Crippen molar-refractivity contribution in [2.24, 2.45) is 0 Å². The maximum absolute atomic E-state index is 11.8. The molecule has 0 fully saturated rings. The molecule has 7 heteroatoms. The van der Waals surface area contributed by atoms with E-state index < -0.39 is 17.9 Å². The van der Waals surface area contributed by atoms with E-state index in [9.17, 15) is 9.59 Å². The van der Waals surface area contributed by atoms with Crippen molar-refractivity contribution in [2.45, 2.75) is 19.4 Å². The Labute approximate surface area is 103 Å². The summed E-state index contributed by atoms with van der Waals surface area (Å²) in [4.78, 5) is 22.7. The van der Waals surface area contributed by atoms with Gasteiger partial charge < -0.3 is 10.4 Å². The number of rotatable bonds is 6. The molecule has 0 unspecified atom stereocenters. The third-order valence-electron chi connectivity index (χ3n) is 2.29. The van der Waals surface area contributed by atoms with Crippen molar-refractivity contribution in [3.05, 3.63) is 17.5 Å². The lowest BCUT2D eigenvalue weighted by Crippen LogP contribution is -2.41. The van der Waals surface area contributed by atoms with E-state index in [1.54, 1.807) is 18.7 Å². The van der Waals surface area contributed by atoms with Crippen LogP contribution in [0.25, 0.3) is 0 Å². The van der Waals surface area contributed by atoms with Crippen molar-refractivity contribution in [1.82, 2.24) is 15.5 Å². The number of hydrogen-bond donors (Lipinski definition) is 3. The van der Waals surface area contributed by atoms with Crippen LogP contribution >= 0.6 is 11.8 Å². The minimum absolute atomic E-state index is 0.375. The maximum Gasteiger partial charge on any atom is 0.326 e. The first-order valence-corrected chi connectivity index (χ1v) is 6.48. The number of nitrogens with one attached hydrogen (secondary N) is 2. The van der Waals surface area contributed by atoms with Gasteiger partial charge in [0, 0.05) is 5.69 Å². The summed E-state index contributed by atoms with van der Waals surface area (Å²) in [5.74, 6) is -0.750. The van der Waals surface area contributed by atoms with Gasteiger partial charge in [-0.05, 0) is 25.4 Å². The van der Waals surface area contributed by atoms with Crippen LogP contribution in [-0.4, -0.2) is 45.2 Å². The lowest BCUT2D eigenvalue weighted by molar-refractivity contribution is -0.139. The van der Waals surface area contributed by atoms with Crippen LogP contribution < -0.4 is 5.32 Å². The molecule has 0 spiro atoms. The second kappa shape index (κ2) is 6.29. The molecule has 0 aromatic carbocycles. The van der Waals surface area contributed by atoms with Crippen molar-refractivity contribution in [1.29, 1.82) is 0 Å². The lowest BCUT2D eigenvalue weighted by Gasteiger charge is -2.13. The largest absolute Gasteiger partial charge is 0.480 e. The Kier molecular flexibility index (Phi) is 5.02. The van der Waals surface area contributed by atoms with Crippen LogP contribution in [0.4, 0.5) is 0 Å². The van der Waals surface area contributed by atoms with Crippen molar-refractivity contribution in [3.63, 3.8) is 0 Å². The molecule has 1 atom stereocenters. The molecular formula is C10H15N3O3S. The quantitative estimate of drug-likeness (QED) is 0.695. The monoisotopic (exact) mass is 257 g/mol. The van der Waals surface area contributed by atoms with E-state index in [1.807, 2.05) is 6.26 Å². The fourth-order valence-electron chi connectivity index (χ4n) is 1.31. The molecule has 0 radical (unpaired) electrons. The Balaban J connectivity index is 2.64. The van der Waals surface area contributed by atoms with Gasteiger partial charge in [0.15, 0.2) is 0 Å². The summed E-state index contributed by atoms with van der Waals surface area (Å²) < 4.78 is 0. The predicted molar refractivity (Wildman–Crippen MR) is 65.2 cm³/mol.